The predicted octanol–water partition coefficient (Wildman–Crippen LogP) is 1.77. The summed E-state index contributed by atoms with van der Waals surface area (Å²) in [5.74, 6) is -1.79. The summed E-state index contributed by atoms with van der Waals surface area (Å²) in [7, 11) is 0. The van der Waals surface area contributed by atoms with Gasteiger partial charge in [0.15, 0.2) is 6.10 Å². The first-order valence-corrected chi connectivity index (χ1v) is 7.20. The molecule has 2 atom stereocenters. The lowest BCUT2D eigenvalue weighted by Gasteiger charge is -2.26. The molecule has 0 fully saturated rings. The lowest BCUT2D eigenvalue weighted by atomic mass is 9.95. The molecule has 0 bridgehead atoms. The van der Waals surface area contributed by atoms with Crippen LogP contribution in [-0.4, -0.2) is 30.1 Å². The Hall–Kier alpha value is -1.88. The van der Waals surface area contributed by atoms with Crippen LogP contribution in [0.25, 0.3) is 0 Å². The minimum atomic E-state index is -0.893. The fraction of sp³-hybridized carbons (Fsp3) is 0.500. The fourth-order valence-electron chi connectivity index (χ4n) is 2.52. The topological polar surface area (TPSA) is 75.6 Å². The fourth-order valence-corrected chi connectivity index (χ4v) is 2.52. The van der Waals surface area contributed by atoms with Crippen molar-refractivity contribution < 1.29 is 19.4 Å². The van der Waals surface area contributed by atoms with Gasteiger partial charge in [0, 0.05) is 6.54 Å². The van der Waals surface area contributed by atoms with Gasteiger partial charge in [-0.2, -0.15) is 0 Å². The molecule has 0 spiro atoms. The minimum Gasteiger partial charge on any atom is -0.481 e. The Kier molecular flexibility index (Phi) is 4.96. The molecule has 1 aromatic carbocycles. The van der Waals surface area contributed by atoms with Gasteiger partial charge in [-0.15, -0.1) is 0 Å². The first-order chi connectivity index (χ1) is 10.0. The Labute approximate surface area is 124 Å². The van der Waals surface area contributed by atoms with E-state index in [1.807, 2.05) is 38.1 Å². The maximum atomic E-state index is 12.3. The molecule has 2 unspecified atom stereocenters. The molecular formula is C16H21NO4. The second-order valence-electron chi connectivity index (χ2n) is 5.63. The van der Waals surface area contributed by atoms with E-state index in [4.69, 9.17) is 9.84 Å². The minimum absolute atomic E-state index is 0.0395. The molecule has 1 aliphatic rings. The lowest BCUT2D eigenvalue weighted by molar-refractivity contribution is -0.143. The molecule has 0 saturated carbocycles. The first-order valence-electron chi connectivity index (χ1n) is 7.20. The average Bonchev–Trinajstić information content (AvgIpc) is 2.46. The zero-order valence-electron chi connectivity index (χ0n) is 12.3. The molecule has 1 aliphatic heterocycles. The molecule has 0 aromatic heterocycles. The van der Waals surface area contributed by atoms with Crippen LogP contribution in [0.5, 0.6) is 0 Å². The summed E-state index contributed by atoms with van der Waals surface area (Å²) >= 11 is 0. The standard InChI is InChI=1S/C16H21NO4/c1-10(2)13(16(19)20)9-17-15(18)14-12-6-4-3-5-11(12)7-8-21-14/h3-6,10,13-14H,7-9H2,1-2H3,(H,17,18)(H,19,20). The number of fused-ring (bicyclic) bond motifs is 1. The molecule has 2 N–H and O–H groups in total. The van der Waals surface area contributed by atoms with Crippen molar-refractivity contribution in [2.45, 2.75) is 26.4 Å². The summed E-state index contributed by atoms with van der Waals surface area (Å²) in [6.07, 6.45) is 0.153. The van der Waals surface area contributed by atoms with E-state index in [-0.39, 0.29) is 18.4 Å². The van der Waals surface area contributed by atoms with Gasteiger partial charge in [0.25, 0.3) is 5.91 Å². The molecule has 21 heavy (non-hydrogen) atoms. The quantitative estimate of drug-likeness (QED) is 0.867. The Morgan fingerprint density at radius 1 is 1.38 bits per heavy atom. The second-order valence-corrected chi connectivity index (χ2v) is 5.63. The summed E-state index contributed by atoms with van der Waals surface area (Å²) < 4.78 is 5.56. The molecule has 0 saturated heterocycles. The summed E-state index contributed by atoms with van der Waals surface area (Å²) in [5, 5.41) is 11.9. The number of nitrogens with one attached hydrogen (secondary N) is 1. The maximum Gasteiger partial charge on any atom is 0.308 e. The maximum absolute atomic E-state index is 12.3. The Balaban J connectivity index is 2.03. The molecule has 5 heteroatoms. The number of rotatable bonds is 5. The van der Waals surface area contributed by atoms with Crippen LogP contribution in [0.4, 0.5) is 0 Å². The van der Waals surface area contributed by atoms with Crippen LogP contribution in [0, 0.1) is 11.8 Å². The van der Waals surface area contributed by atoms with Crippen molar-refractivity contribution in [3.8, 4) is 0 Å². The third-order valence-corrected chi connectivity index (χ3v) is 3.85. The number of amides is 1. The molecule has 1 heterocycles. The number of ether oxygens (including phenoxy) is 1. The average molecular weight is 291 g/mol. The second kappa shape index (κ2) is 6.72. The number of hydrogen-bond acceptors (Lipinski definition) is 3. The smallest absolute Gasteiger partial charge is 0.308 e. The van der Waals surface area contributed by atoms with Gasteiger partial charge in [0.1, 0.15) is 0 Å². The van der Waals surface area contributed by atoms with Crippen molar-refractivity contribution >= 4 is 11.9 Å². The number of carboxylic acids is 1. The van der Waals surface area contributed by atoms with Crippen LogP contribution >= 0.6 is 0 Å². The van der Waals surface area contributed by atoms with Crippen LogP contribution in [-0.2, 0) is 20.7 Å². The monoisotopic (exact) mass is 291 g/mol. The SMILES string of the molecule is CC(C)C(CNC(=O)C1OCCc2ccccc21)C(=O)O. The highest BCUT2D eigenvalue weighted by Gasteiger charge is 2.29. The van der Waals surface area contributed by atoms with Gasteiger partial charge in [0.05, 0.1) is 12.5 Å². The molecular weight excluding hydrogens is 270 g/mol. The van der Waals surface area contributed by atoms with Crippen molar-refractivity contribution in [3.63, 3.8) is 0 Å². The highest BCUT2D eigenvalue weighted by molar-refractivity contribution is 5.83. The van der Waals surface area contributed by atoms with Gasteiger partial charge in [-0.3, -0.25) is 9.59 Å². The van der Waals surface area contributed by atoms with Gasteiger partial charge < -0.3 is 15.2 Å². The van der Waals surface area contributed by atoms with Crippen molar-refractivity contribution in [1.29, 1.82) is 0 Å². The normalized spacial score (nSPS) is 18.9. The van der Waals surface area contributed by atoms with E-state index in [9.17, 15) is 9.59 Å². The van der Waals surface area contributed by atoms with Gasteiger partial charge >= 0.3 is 5.97 Å². The van der Waals surface area contributed by atoms with E-state index >= 15 is 0 Å². The molecule has 1 amide bonds. The highest BCUT2D eigenvalue weighted by atomic mass is 16.5. The Bertz CT molecular complexity index is 527. The van der Waals surface area contributed by atoms with E-state index in [1.165, 1.54) is 0 Å². The van der Waals surface area contributed by atoms with Crippen LogP contribution in [0.1, 0.15) is 31.1 Å². The molecule has 0 aliphatic carbocycles. The lowest BCUT2D eigenvalue weighted by Crippen LogP contribution is -2.39. The number of carboxylic acid groups (broad SMARTS) is 1. The zero-order valence-corrected chi connectivity index (χ0v) is 12.3. The summed E-state index contributed by atoms with van der Waals surface area (Å²) in [4.78, 5) is 23.4. The Morgan fingerprint density at radius 3 is 2.76 bits per heavy atom. The summed E-state index contributed by atoms with van der Waals surface area (Å²) in [6, 6.07) is 7.70. The van der Waals surface area contributed by atoms with Crippen molar-refractivity contribution in [3.05, 3.63) is 35.4 Å². The molecule has 1 aromatic rings. The zero-order chi connectivity index (χ0) is 15.4. The van der Waals surface area contributed by atoms with Crippen LogP contribution in [0.15, 0.2) is 24.3 Å². The third-order valence-electron chi connectivity index (χ3n) is 3.85. The number of aliphatic carboxylic acids is 1. The summed E-state index contributed by atoms with van der Waals surface area (Å²) in [6.45, 7) is 4.28. The summed E-state index contributed by atoms with van der Waals surface area (Å²) in [5.41, 5.74) is 1.99. The Morgan fingerprint density at radius 2 is 2.10 bits per heavy atom. The van der Waals surface area contributed by atoms with Gasteiger partial charge in [0.2, 0.25) is 0 Å². The largest absolute Gasteiger partial charge is 0.481 e. The highest BCUT2D eigenvalue weighted by Crippen LogP contribution is 2.27. The van der Waals surface area contributed by atoms with E-state index in [1.54, 1.807) is 0 Å². The van der Waals surface area contributed by atoms with Crippen LogP contribution < -0.4 is 5.32 Å². The van der Waals surface area contributed by atoms with Crippen molar-refractivity contribution in [1.82, 2.24) is 5.32 Å². The van der Waals surface area contributed by atoms with Gasteiger partial charge in [-0.1, -0.05) is 38.1 Å². The van der Waals surface area contributed by atoms with E-state index in [0.29, 0.717) is 6.61 Å². The third kappa shape index (κ3) is 3.61. The van der Waals surface area contributed by atoms with Crippen LogP contribution in [0.2, 0.25) is 0 Å². The first kappa shape index (κ1) is 15.5. The van der Waals surface area contributed by atoms with E-state index in [0.717, 1.165) is 17.5 Å². The number of carbonyl (C=O) groups excluding carboxylic acids is 1. The van der Waals surface area contributed by atoms with Crippen molar-refractivity contribution in [2.24, 2.45) is 11.8 Å². The van der Waals surface area contributed by atoms with E-state index in [2.05, 4.69) is 5.32 Å². The molecule has 5 nitrogen and oxygen atoms in total. The number of carbonyl (C=O) groups is 2. The molecule has 0 radical (unpaired) electrons. The molecule has 2 rings (SSSR count). The van der Waals surface area contributed by atoms with Gasteiger partial charge in [-0.05, 0) is 23.5 Å². The van der Waals surface area contributed by atoms with Crippen molar-refractivity contribution in [2.75, 3.05) is 13.2 Å². The van der Waals surface area contributed by atoms with Crippen LogP contribution in [0.3, 0.4) is 0 Å². The molecule has 114 valence electrons. The predicted molar refractivity (Wildman–Crippen MR) is 77.8 cm³/mol. The number of benzene rings is 1. The van der Waals surface area contributed by atoms with Gasteiger partial charge in [-0.25, -0.2) is 0 Å². The number of hydrogen-bond donors (Lipinski definition) is 2. The van der Waals surface area contributed by atoms with E-state index < -0.39 is 18.0 Å².